The topological polar surface area (TPSA) is 76.3 Å². The van der Waals surface area contributed by atoms with Gasteiger partial charge in [-0.05, 0) is 75.8 Å². The first-order chi connectivity index (χ1) is 14.3. The number of benzene rings is 1. The largest absolute Gasteiger partial charge is 0.360 e. The molecule has 0 saturated carbocycles. The quantitative estimate of drug-likeness (QED) is 0.605. The molecule has 1 aromatic carbocycles. The van der Waals surface area contributed by atoms with E-state index < -0.39 is 10.0 Å². The highest BCUT2D eigenvalue weighted by molar-refractivity contribution is 7.89. The maximum absolute atomic E-state index is 13.4. The standard InChI is InChI=1S/C23H27N3O3S/c1-15-8-5-6-9-20(15)13-19-12-16(2)24-21(14-19)22-10-7-11-26(22)30(27,28)23-17(3)25-29-18(23)4/h5-6,8-9,12,14,22H,7,10-11,13H2,1-4H3/t22-/m1/s1. The van der Waals surface area contributed by atoms with Crippen molar-refractivity contribution in [3.05, 3.63) is 75.9 Å². The molecule has 7 heteroatoms. The fraction of sp³-hybridized carbons (Fsp3) is 0.391. The van der Waals surface area contributed by atoms with Gasteiger partial charge in [0.2, 0.25) is 10.0 Å². The van der Waals surface area contributed by atoms with Crippen LogP contribution in [0.2, 0.25) is 0 Å². The second-order valence-electron chi connectivity index (χ2n) is 8.07. The van der Waals surface area contributed by atoms with Gasteiger partial charge in [0, 0.05) is 12.2 Å². The van der Waals surface area contributed by atoms with Crippen LogP contribution in [-0.4, -0.2) is 29.4 Å². The van der Waals surface area contributed by atoms with Gasteiger partial charge in [-0.3, -0.25) is 4.98 Å². The predicted molar refractivity (Wildman–Crippen MR) is 115 cm³/mol. The average Bonchev–Trinajstić information content (AvgIpc) is 3.31. The Kier molecular flexibility index (Phi) is 5.51. The monoisotopic (exact) mass is 425 g/mol. The van der Waals surface area contributed by atoms with E-state index >= 15 is 0 Å². The molecule has 3 aromatic rings. The fourth-order valence-corrected chi connectivity index (χ4v) is 6.32. The Morgan fingerprint density at radius 1 is 1.13 bits per heavy atom. The van der Waals surface area contributed by atoms with E-state index in [1.165, 1.54) is 11.1 Å². The molecular weight excluding hydrogens is 398 g/mol. The first-order valence-corrected chi connectivity index (χ1v) is 11.7. The predicted octanol–water partition coefficient (Wildman–Crippen LogP) is 4.42. The van der Waals surface area contributed by atoms with Gasteiger partial charge in [0.15, 0.2) is 5.76 Å². The van der Waals surface area contributed by atoms with E-state index in [4.69, 9.17) is 9.51 Å². The fourth-order valence-electron chi connectivity index (χ4n) is 4.35. The van der Waals surface area contributed by atoms with Gasteiger partial charge in [0.1, 0.15) is 10.6 Å². The van der Waals surface area contributed by atoms with E-state index in [1.807, 2.05) is 19.1 Å². The number of aromatic nitrogens is 2. The van der Waals surface area contributed by atoms with Gasteiger partial charge in [0.25, 0.3) is 0 Å². The zero-order valence-corrected chi connectivity index (χ0v) is 18.7. The van der Waals surface area contributed by atoms with Crippen molar-refractivity contribution in [1.82, 2.24) is 14.4 Å². The minimum atomic E-state index is -3.71. The summed E-state index contributed by atoms with van der Waals surface area (Å²) in [6.45, 7) is 7.86. The third-order valence-corrected chi connectivity index (χ3v) is 7.92. The van der Waals surface area contributed by atoms with Gasteiger partial charge in [-0.2, -0.15) is 4.31 Å². The van der Waals surface area contributed by atoms with Crippen LogP contribution in [0.25, 0.3) is 0 Å². The van der Waals surface area contributed by atoms with Crippen LogP contribution in [0.3, 0.4) is 0 Å². The van der Waals surface area contributed by atoms with Crippen molar-refractivity contribution >= 4 is 10.0 Å². The van der Waals surface area contributed by atoms with Crippen molar-refractivity contribution in [2.45, 2.75) is 57.9 Å². The normalized spacial score (nSPS) is 17.5. The Labute approximate surface area is 178 Å². The minimum Gasteiger partial charge on any atom is -0.360 e. The molecule has 1 fully saturated rings. The van der Waals surface area contributed by atoms with E-state index in [2.05, 4.69) is 36.3 Å². The maximum Gasteiger partial charge on any atom is 0.249 e. The molecule has 0 bridgehead atoms. The van der Waals surface area contributed by atoms with E-state index in [1.54, 1.807) is 18.2 Å². The molecule has 0 spiro atoms. The summed E-state index contributed by atoms with van der Waals surface area (Å²) in [6, 6.07) is 12.2. The summed E-state index contributed by atoms with van der Waals surface area (Å²) < 4.78 is 33.5. The van der Waals surface area contributed by atoms with Crippen molar-refractivity contribution < 1.29 is 12.9 Å². The number of aryl methyl sites for hydroxylation is 4. The Balaban J connectivity index is 1.70. The van der Waals surface area contributed by atoms with E-state index in [-0.39, 0.29) is 10.9 Å². The summed E-state index contributed by atoms with van der Waals surface area (Å²) in [5, 5.41) is 3.84. The van der Waals surface area contributed by atoms with E-state index in [0.717, 1.165) is 36.2 Å². The lowest BCUT2D eigenvalue weighted by atomic mass is 9.99. The second kappa shape index (κ2) is 7.96. The van der Waals surface area contributed by atoms with E-state index in [0.29, 0.717) is 18.0 Å². The number of pyridine rings is 1. The third-order valence-electron chi connectivity index (χ3n) is 5.77. The van der Waals surface area contributed by atoms with Gasteiger partial charge in [0.05, 0.1) is 11.7 Å². The Bertz CT molecular complexity index is 1160. The lowest BCUT2D eigenvalue weighted by molar-refractivity contribution is 0.381. The summed E-state index contributed by atoms with van der Waals surface area (Å²) in [5.41, 5.74) is 5.77. The number of hydrogen-bond donors (Lipinski definition) is 0. The van der Waals surface area contributed by atoms with Gasteiger partial charge < -0.3 is 4.52 Å². The molecule has 0 aliphatic carbocycles. The van der Waals surface area contributed by atoms with Gasteiger partial charge in [-0.25, -0.2) is 8.42 Å². The molecule has 158 valence electrons. The lowest BCUT2D eigenvalue weighted by Gasteiger charge is -2.24. The molecule has 0 N–H and O–H groups in total. The summed E-state index contributed by atoms with van der Waals surface area (Å²) >= 11 is 0. The molecular formula is C23H27N3O3S. The van der Waals surface area contributed by atoms with Crippen LogP contribution < -0.4 is 0 Å². The number of hydrogen-bond acceptors (Lipinski definition) is 5. The Morgan fingerprint density at radius 2 is 1.90 bits per heavy atom. The molecule has 1 saturated heterocycles. The van der Waals surface area contributed by atoms with E-state index in [9.17, 15) is 8.42 Å². The SMILES string of the molecule is Cc1cc(Cc2ccccc2C)cc([C@H]2CCCN2S(=O)(=O)c2c(C)noc2C)n1. The molecule has 0 unspecified atom stereocenters. The Morgan fingerprint density at radius 3 is 2.60 bits per heavy atom. The van der Waals surface area contributed by atoms with Crippen LogP contribution in [0.1, 0.15) is 58.4 Å². The second-order valence-corrected chi connectivity index (χ2v) is 9.90. The summed E-state index contributed by atoms with van der Waals surface area (Å²) in [4.78, 5) is 4.91. The minimum absolute atomic E-state index is 0.183. The lowest BCUT2D eigenvalue weighted by Crippen LogP contribution is -2.32. The molecule has 30 heavy (non-hydrogen) atoms. The highest BCUT2D eigenvalue weighted by Gasteiger charge is 2.40. The molecule has 0 amide bonds. The summed E-state index contributed by atoms with van der Waals surface area (Å²) in [6.07, 6.45) is 2.35. The zero-order valence-electron chi connectivity index (χ0n) is 17.8. The third kappa shape index (κ3) is 3.79. The van der Waals surface area contributed by atoms with Crippen LogP contribution in [0, 0.1) is 27.7 Å². The van der Waals surface area contributed by atoms with Gasteiger partial charge in [-0.1, -0.05) is 29.4 Å². The highest BCUT2D eigenvalue weighted by atomic mass is 32.2. The molecule has 3 heterocycles. The summed E-state index contributed by atoms with van der Waals surface area (Å²) in [5.74, 6) is 0.329. The summed E-state index contributed by atoms with van der Waals surface area (Å²) in [7, 11) is -3.71. The van der Waals surface area contributed by atoms with Crippen molar-refractivity contribution in [1.29, 1.82) is 0 Å². The van der Waals surface area contributed by atoms with Crippen molar-refractivity contribution in [2.75, 3.05) is 6.54 Å². The first-order valence-electron chi connectivity index (χ1n) is 10.2. The molecule has 2 aromatic heterocycles. The van der Waals surface area contributed by atoms with Crippen LogP contribution in [-0.2, 0) is 16.4 Å². The number of nitrogens with zero attached hydrogens (tertiary/aromatic N) is 3. The molecule has 0 radical (unpaired) electrons. The Hall–Kier alpha value is -2.51. The number of rotatable bonds is 5. The molecule has 1 aliphatic rings. The van der Waals surface area contributed by atoms with Crippen molar-refractivity contribution in [3.8, 4) is 0 Å². The zero-order chi connectivity index (χ0) is 21.5. The van der Waals surface area contributed by atoms with Gasteiger partial charge in [-0.15, -0.1) is 0 Å². The van der Waals surface area contributed by atoms with Gasteiger partial charge >= 0.3 is 0 Å². The molecule has 1 aliphatic heterocycles. The van der Waals surface area contributed by atoms with Crippen molar-refractivity contribution in [2.24, 2.45) is 0 Å². The van der Waals surface area contributed by atoms with Crippen LogP contribution >= 0.6 is 0 Å². The average molecular weight is 426 g/mol. The van der Waals surface area contributed by atoms with Crippen LogP contribution in [0.15, 0.2) is 45.8 Å². The van der Waals surface area contributed by atoms with Crippen LogP contribution in [0.4, 0.5) is 0 Å². The number of sulfonamides is 1. The molecule has 4 rings (SSSR count). The van der Waals surface area contributed by atoms with Crippen LogP contribution in [0.5, 0.6) is 0 Å². The van der Waals surface area contributed by atoms with Crippen molar-refractivity contribution in [3.63, 3.8) is 0 Å². The first kappa shape index (κ1) is 20.8. The molecule has 1 atom stereocenters. The highest BCUT2D eigenvalue weighted by Crippen LogP contribution is 2.37. The maximum atomic E-state index is 13.4. The smallest absolute Gasteiger partial charge is 0.249 e. The molecule has 6 nitrogen and oxygen atoms in total.